The highest BCUT2D eigenvalue weighted by Crippen LogP contribution is 2.23. The van der Waals surface area contributed by atoms with Crippen LogP contribution in [0.1, 0.15) is 18.4 Å². The van der Waals surface area contributed by atoms with E-state index >= 15 is 0 Å². The summed E-state index contributed by atoms with van der Waals surface area (Å²) >= 11 is 1.36. The van der Waals surface area contributed by atoms with Crippen molar-refractivity contribution < 1.29 is 9.90 Å². The molecule has 2 saturated heterocycles. The molecule has 0 bridgehead atoms. The molecule has 6 nitrogen and oxygen atoms in total. The van der Waals surface area contributed by atoms with Crippen molar-refractivity contribution in [2.75, 3.05) is 30.3 Å². The van der Waals surface area contributed by atoms with Crippen LogP contribution in [0.5, 0.6) is 0 Å². The summed E-state index contributed by atoms with van der Waals surface area (Å²) in [5, 5.41) is 20.4. The van der Waals surface area contributed by atoms with E-state index in [9.17, 15) is 9.90 Å². The minimum Gasteiger partial charge on any atom is -0.396 e. The molecule has 3 rings (SSSR count). The van der Waals surface area contributed by atoms with E-state index in [1.165, 1.54) is 17.4 Å². The van der Waals surface area contributed by atoms with Gasteiger partial charge in [-0.3, -0.25) is 4.79 Å². The molecule has 1 aromatic rings. The van der Waals surface area contributed by atoms with Gasteiger partial charge in [-0.05, 0) is 36.5 Å². The van der Waals surface area contributed by atoms with Gasteiger partial charge in [-0.1, -0.05) is 23.9 Å². The van der Waals surface area contributed by atoms with Crippen molar-refractivity contribution in [2.24, 2.45) is 16.1 Å². The van der Waals surface area contributed by atoms with Gasteiger partial charge >= 0.3 is 0 Å². The number of piperidine rings is 1. The largest absolute Gasteiger partial charge is 0.396 e. The van der Waals surface area contributed by atoms with Crippen molar-refractivity contribution in [3.63, 3.8) is 0 Å². The summed E-state index contributed by atoms with van der Waals surface area (Å²) in [5.74, 6) is 0.833. The molecule has 0 spiro atoms. The maximum absolute atomic E-state index is 11.0. The van der Waals surface area contributed by atoms with Crippen molar-refractivity contribution in [1.29, 1.82) is 0 Å². The number of hydrogen-bond donors (Lipinski definition) is 2. The minimum atomic E-state index is -0.0294. The number of amides is 1. The number of thioether (sulfide) groups is 1. The number of rotatable bonds is 4. The first-order valence-corrected chi connectivity index (χ1v) is 8.72. The van der Waals surface area contributed by atoms with Crippen LogP contribution in [-0.4, -0.2) is 47.8 Å². The third-order valence-corrected chi connectivity index (χ3v) is 4.94. The minimum absolute atomic E-state index is 0.0294. The summed E-state index contributed by atoms with van der Waals surface area (Å²) < 4.78 is 0. The Kier molecular flexibility index (Phi) is 5.30. The fraction of sp³-hybridized carbons (Fsp3) is 0.438. The van der Waals surface area contributed by atoms with E-state index in [4.69, 9.17) is 0 Å². The van der Waals surface area contributed by atoms with Gasteiger partial charge in [-0.2, -0.15) is 5.10 Å². The lowest BCUT2D eigenvalue weighted by molar-refractivity contribution is -0.116. The Morgan fingerprint density at radius 2 is 2.04 bits per heavy atom. The zero-order valence-corrected chi connectivity index (χ0v) is 13.6. The van der Waals surface area contributed by atoms with Crippen LogP contribution >= 0.6 is 11.8 Å². The Morgan fingerprint density at radius 1 is 1.30 bits per heavy atom. The lowest BCUT2D eigenvalue weighted by atomic mass is 9.97. The van der Waals surface area contributed by atoms with Gasteiger partial charge in [0.25, 0.3) is 0 Å². The number of anilines is 1. The quantitative estimate of drug-likeness (QED) is 0.646. The number of carbonyl (C=O) groups excluding carboxylic acids is 1. The van der Waals surface area contributed by atoms with Crippen molar-refractivity contribution in [1.82, 2.24) is 5.32 Å². The summed E-state index contributed by atoms with van der Waals surface area (Å²) in [6.07, 6.45) is 3.76. The summed E-state index contributed by atoms with van der Waals surface area (Å²) in [7, 11) is 0. The van der Waals surface area contributed by atoms with Crippen molar-refractivity contribution in [2.45, 2.75) is 12.8 Å². The van der Waals surface area contributed by atoms with Crippen LogP contribution in [0, 0.1) is 5.92 Å². The SMILES string of the molecule is O=C1CSC(=NN=Cc2ccc(N3CCC(CO)CC3)cc2)N1. The molecular formula is C16H20N4O2S. The van der Waals surface area contributed by atoms with Gasteiger partial charge in [0.2, 0.25) is 5.91 Å². The lowest BCUT2D eigenvalue weighted by Gasteiger charge is -2.32. The number of aliphatic hydroxyl groups is 1. The standard InChI is InChI=1S/C16H20N4O2S/c21-10-13-5-7-20(8-6-13)14-3-1-12(2-4-14)9-17-19-16-18-15(22)11-23-16/h1-4,9,13,21H,5-8,10-11H2,(H,18,19,22). The monoisotopic (exact) mass is 332 g/mol. The molecule has 1 aromatic carbocycles. The Morgan fingerprint density at radius 3 is 2.65 bits per heavy atom. The van der Waals surface area contributed by atoms with Crippen LogP contribution < -0.4 is 10.2 Å². The molecule has 0 saturated carbocycles. The van der Waals surface area contributed by atoms with Crippen LogP contribution in [0.15, 0.2) is 34.5 Å². The average molecular weight is 332 g/mol. The fourth-order valence-electron chi connectivity index (χ4n) is 2.67. The molecule has 0 atom stereocenters. The van der Waals surface area contributed by atoms with E-state index in [-0.39, 0.29) is 5.91 Å². The summed E-state index contributed by atoms with van der Waals surface area (Å²) in [5.41, 5.74) is 2.17. The van der Waals surface area contributed by atoms with Gasteiger partial charge in [0.1, 0.15) is 0 Å². The number of nitrogens with zero attached hydrogens (tertiary/aromatic N) is 3. The van der Waals surface area contributed by atoms with E-state index < -0.39 is 0 Å². The Bertz CT molecular complexity index is 607. The molecule has 1 amide bonds. The van der Waals surface area contributed by atoms with Crippen molar-refractivity contribution >= 4 is 34.7 Å². The van der Waals surface area contributed by atoms with Crippen LogP contribution in [-0.2, 0) is 4.79 Å². The van der Waals surface area contributed by atoms with E-state index in [2.05, 4.69) is 32.6 Å². The van der Waals surface area contributed by atoms with Crippen molar-refractivity contribution in [3.05, 3.63) is 29.8 Å². The zero-order chi connectivity index (χ0) is 16.1. The highest BCUT2D eigenvalue weighted by molar-refractivity contribution is 8.15. The molecule has 0 aromatic heterocycles. The summed E-state index contributed by atoms with van der Waals surface area (Å²) in [4.78, 5) is 13.4. The van der Waals surface area contributed by atoms with Crippen LogP contribution in [0.3, 0.4) is 0 Å². The second-order valence-electron chi connectivity index (χ2n) is 5.69. The Labute approximate surface area is 139 Å². The summed E-state index contributed by atoms with van der Waals surface area (Å²) in [6.45, 7) is 2.27. The normalized spacial score (nSPS) is 21.3. The van der Waals surface area contributed by atoms with Crippen molar-refractivity contribution in [3.8, 4) is 0 Å². The molecule has 0 aliphatic carbocycles. The molecule has 122 valence electrons. The van der Waals surface area contributed by atoms with E-state index in [0.717, 1.165) is 31.5 Å². The highest BCUT2D eigenvalue weighted by atomic mass is 32.2. The molecule has 2 aliphatic rings. The van der Waals surface area contributed by atoms with E-state index in [1.54, 1.807) is 6.21 Å². The molecule has 0 radical (unpaired) electrons. The van der Waals surface area contributed by atoms with Gasteiger partial charge < -0.3 is 15.3 Å². The predicted octanol–water partition coefficient (Wildman–Crippen LogP) is 1.45. The number of amidine groups is 1. The second kappa shape index (κ2) is 7.61. The summed E-state index contributed by atoms with van der Waals surface area (Å²) in [6, 6.07) is 8.19. The molecular weight excluding hydrogens is 312 g/mol. The number of benzene rings is 1. The first-order chi connectivity index (χ1) is 11.2. The number of nitrogens with one attached hydrogen (secondary N) is 1. The van der Waals surface area contributed by atoms with E-state index in [0.29, 0.717) is 23.4 Å². The molecule has 2 aliphatic heterocycles. The average Bonchev–Trinajstić information content (AvgIpc) is 3.01. The number of hydrogen-bond acceptors (Lipinski definition) is 6. The molecule has 0 unspecified atom stereocenters. The number of aliphatic hydroxyl groups excluding tert-OH is 1. The second-order valence-corrected chi connectivity index (χ2v) is 6.66. The van der Waals surface area contributed by atoms with Crippen LogP contribution in [0.2, 0.25) is 0 Å². The maximum Gasteiger partial charge on any atom is 0.236 e. The lowest BCUT2D eigenvalue weighted by Crippen LogP contribution is -2.34. The third kappa shape index (κ3) is 4.33. The fourth-order valence-corrected chi connectivity index (χ4v) is 3.30. The molecule has 7 heteroatoms. The first kappa shape index (κ1) is 16.0. The third-order valence-electron chi connectivity index (χ3n) is 4.07. The van der Waals surface area contributed by atoms with Crippen LogP contribution in [0.4, 0.5) is 5.69 Å². The number of carbonyl (C=O) groups is 1. The predicted molar refractivity (Wildman–Crippen MR) is 94.1 cm³/mol. The van der Waals surface area contributed by atoms with Gasteiger partial charge in [-0.25, -0.2) is 0 Å². The topological polar surface area (TPSA) is 77.3 Å². The highest BCUT2D eigenvalue weighted by Gasteiger charge is 2.18. The van der Waals surface area contributed by atoms with E-state index in [1.807, 2.05) is 12.1 Å². The van der Waals surface area contributed by atoms with Gasteiger partial charge in [0.15, 0.2) is 5.17 Å². The zero-order valence-electron chi connectivity index (χ0n) is 12.8. The van der Waals surface area contributed by atoms with Gasteiger partial charge in [0.05, 0.1) is 12.0 Å². The molecule has 23 heavy (non-hydrogen) atoms. The van der Waals surface area contributed by atoms with Crippen LogP contribution in [0.25, 0.3) is 0 Å². The smallest absolute Gasteiger partial charge is 0.236 e. The maximum atomic E-state index is 11.0. The Hall–Kier alpha value is -1.86. The van der Waals surface area contributed by atoms with Gasteiger partial charge in [0, 0.05) is 25.4 Å². The Balaban J connectivity index is 1.56. The molecule has 2 N–H and O–H groups in total. The molecule has 2 heterocycles. The van der Waals surface area contributed by atoms with Gasteiger partial charge in [-0.15, -0.1) is 5.10 Å². The molecule has 2 fully saturated rings. The first-order valence-electron chi connectivity index (χ1n) is 7.74.